The minimum atomic E-state index is 0.366. The lowest BCUT2D eigenvalue weighted by Gasteiger charge is -2.24. The third-order valence-electron chi connectivity index (χ3n) is 2.75. The topological polar surface area (TPSA) is 21.3 Å². The van der Waals surface area contributed by atoms with Gasteiger partial charge in [0.05, 0.1) is 12.1 Å². The Morgan fingerprint density at radius 3 is 2.71 bits per heavy atom. The summed E-state index contributed by atoms with van der Waals surface area (Å²) in [5.41, 5.74) is 1.36. The van der Waals surface area contributed by atoms with Crippen LogP contribution in [0.4, 0.5) is 0 Å². The van der Waals surface area contributed by atoms with Crippen LogP contribution < -0.4 is 5.32 Å². The fraction of sp³-hybridized carbons (Fsp3) is 0.833. The van der Waals surface area contributed by atoms with Crippen LogP contribution in [0.2, 0.25) is 0 Å². The van der Waals surface area contributed by atoms with Gasteiger partial charge >= 0.3 is 0 Å². The molecule has 1 rings (SSSR count). The Kier molecular flexibility index (Phi) is 4.63. The molecule has 1 N–H and O–H groups in total. The lowest BCUT2D eigenvalue weighted by Crippen LogP contribution is -2.40. The summed E-state index contributed by atoms with van der Waals surface area (Å²) >= 11 is 0. The molecule has 2 heteroatoms. The Balaban J connectivity index is 2.61. The largest absolute Gasteiger partial charge is 0.376 e. The van der Waals surface area contributed by atoms with E-state index >= 15 is 0 Å². The van der Waals surface area contributed by atoms with Gasteiger partial charge in [0.25, 0.3) is 0 Å². The summed E-state index contributed by atoms with van der Waals surface area (Å²) in [6.45, 7) is 10.6. The van der Waals surface area contributed by atoms with Gasteiger partial charge in [-0.2, -0.15) is 0 Å². The fourth-order valence-electron chi connectivity index (χ4n) is 2.04. The van der Waals surface area contributed by atoms with Crippen molar-refractivity contribution >= 4 is 0 Å². The summed E-state index contributed by atoms with van der Waals surface area (Å²) in [6.07, 6.45) is 3.85. The fourth-order valence-corrected chi connectivity index (χ4v) is 2.04. The third kappa shape index (κ3) is 3.10. The van der Waals surface area contributed by atoms with E-state index in [-0.39, 0.29) is 0 Å². The van der Waals surface area contributed by atoms with Gasteiger partial charge in [-0.3, -0.25) is 0 Å². The van der Waals surface area contributed by atoms with E-state index in [4.69, 9.17) is 4.74 Å². The van der Waals surface area contributed by atoms with Gasteiger partial charge in [-0.15, -0.1) is 0 Å². The standard InChI is InChI=1S/C12H23NO/c1-5-13-11(8-9(2)3)12-10(4)6-7-14-12/h8,10-13H,5-7H2,1-4H3. The molecule has 1 heterocycles. The second-order valence-corrected chi connectivity index (χ2v) is 4.43. The number of ether oxygens (including phenoxy) is 1. The summed E-state index contributed by atoms with van der Waals surface area (Å²) in [5, 5.41) is 3.48. The van der Waals surface area contributed by atoms with E-state index in [2.05, 4.69) is 39.1 Å². The molecule has 1 aliphatic rings. The molecule has 0 radical (unpaired) electrons. The SMILES string of the molecule is CCNC(C=C(C)C)C1OCCC1C. The quantitative estimate of drug-likeness (QED) is 0.699. The monoisotopic (exact) mass is 197 g/mol. The number of hydrogen-bond acceptors (Lipinski definition) is 2. The molecule has 0 aromatic rings. The van der Waals surface area contributed by atoms with E-state index in [0.717, 1.165) is 13.2 Å². The Morgan fingerprint density at radius 1 is 1.57 bits per heavy atom. The molecule has 0 amide bonds. The number of hydrogen-bond donors (Lipinski definition) is 1. The predicted octanol–water partition coefficient (Wildman–Crippen LogP) is 2.36. The molecule has 0 bridgehead atoms. The van der Waals surface area contributed by atoms with Gasteiger partial charge in [-0.05, 0) is 32.7 Å². The number of allylic oxidation sites excluding steroid dienone is 1. The van der Waals surface area contributed by atoms with Gasteiger partial charge in [0, 0.05) is 6.61 Å². The second-order valence-electron chi connectivity index (χ2n) is 4.43. The van der Waals surface area contributed by atoms with Crippen molar-refractivity contribution in [3.8, 4) is 0 Å². The number of rotatable bonds is 4. The highest BCUT2D eigenvalue weighted by atomic mass is 16.5. The zero-order valence-corrected chi connectivity index (χ0v) is 9.84. The van der Waals surface area contributed by atoms with E-state index in [0.29, 0.717) is 18.1 Å². The van der Waals surface area contributed by atoms with Crippen LogP contribution >= 0.6 is 0 Å². The highest BCUT2D eigenvalue weighted by Gasteiger charge is 2.30. The van der Waals surface area contributed by atoms with Crippen molar-refractivity contribution in [1.82, 2.24) is 5.32 Å². The van der Waals surface area contributed by atoms with Crippen molar-refractivity contribution < 1.29 is 4.74 Å². The molecule has 82 valence electrons. The van der Waals surface area contributed by atoms with E-state index in [1.807, 2.05) is 0 Å². The molecule has 1 fully saturated rings. The van der Waals surface area contributed by atoms with Gasteiger partial charge in [0.2, 0.25) is 0 Å². The van der Waals surface area contributed by atoms with Crippen LogP contribution in [-0.2, 0) is 4.74 Å². The molecule has 0 aromatic heterocycles. The second kappa shape index (κ2) is 5.52. The summed E-state index contributed by atoms with van der Waals surface area (Å²) in [4.78, 5) is 0. The maximum absolute atomic E-state index is 5.77. The Morgan fingerprint density at radius 2 is 2.29 bits per heavy atom. The average Bonchev–Trinajstić information content (AvgIpc) is 2.50. The van der Waals surface area contributed by atoms with Crippen LogP contribution in [0.25, 0.3) is 0 Å². The van der Waals surface area contributed by atoms with Crippen molar-refractivity contribution in [2.75, 3.05) is 13.2 Å². The highest BCUT2D eigenvalue weighted by Crippen LogP contribution is 2.23. The van der Waals surface area contributed by atoms with Crippen LogP contribution in [0.15, 0.2) is 11.6 Å². The molecule has 0 saturated carbocycles. The normalized spacial score (nSPS) is 28.9. The smallest absolute Gasteiger partial charge is 0.0790 e. The van der Waals surface area contributed by atoms with E-state index in [1.165, 1.54) is 12.0 Å². The zero-order valence-electron chi connectivity index (χ0n) is 9.84. The minimum absolute atomic E-state index is 0.366. The first-order valence-electron chi connectivity index (χ1n) is 5.65. The molecule has 0 spiro atoms. The van der Waals surface area contributed by atoms with Crippen molar-refractivity contribution in [1.29, 1.82) is 0 Å². The molecule has 14 heavy (non-hydrogen) atoms. The maximum Gasteiger partial charge on any atom is 0.0790 e. The Labute approximate surface area is 87.7 Å². The average molecular weight is 197 g/mol. The van der Waals surface area contributed by atoms with Crippen molar-refractivity contribution in [3.63, 3.8) is 0 Å². The van der Waals surface area contributed by atoms with Gasteiger partial charge in [-0.1, -0.05) is 25.5 Å². The Bertz CT molecular complexity index is 196. The summed E-state index contributed by atoms with van der Waals surface area (Å²) < 4.78 is 5.77. The lowest BCUT2D eigenvalue weighted by atomic mass is 9.96. The highest BCUT2D eigenvalue weighted by molar-refractivity contribution is 5.05. The van der Waals surface area contributed by atoms with Crippen molar-refractivity contribution in [2.45, 2.75) is 46.3 Å². The molecule has 0 aromatic carbocycles. The summed E-state index contributed by atoms with van der Waals surface area (Å²) in [6, 6.07) is 0.391. The van der Waals surface area contributed by atoms with Gasteiger partial charge in [-0.25, -0.2) is 0 Å². The van der Waals surface area contributed by atoms with Crippen molar-refractivity contribution in [2.24, 2.45) is 5.92 Å². The maximum atomic E-state index is 5.77. The first-order valence-corrected chi connectivity index (χ1v) is 5.65. The van der Waals surface area contributed by atoms with Crippen LogP contribution in [0.1, 0.15) is 34.1 Å². The number of likely N-dealkylation sites (N-methyl/N-ethyl adjacent to an activating group) is 1. The summed E-state index contributed by atoms with van der Waals surface area (Å²) in [7, 11) is 0. The van der Waals surface area contributed by atoms with Crippen LogP contribution in [-0.4, -0.2) is 25.3 Å². The lowest BCUT2D eigenvalue weighted by molar-refractivity contribution is 0.0745. The van der Waals surface area contributed by atoms with Crippen LogP contribution in [0.3, 0.4) is 0 Å². The summed E-state index contributed by atoms with van der Waals surface area (Å²) in [5.74, 6) is 0.676. The third-order valence-corrected chi connectivity index (χ3v) is 2.75. The van der Waals surface area contributed by atoms with Crippen LogP contribution in [0.5, 0.6) is 0 Å². The van der Waals surface area contributed by atoms with Gasteiger partial charge in [0.1, 0.15) is 0 Å². The first kappa shape index (κ1) is 11.7. The molecule has 3 atom stereocenters. The zero-order chi connectivity index (χ0) is 10.6. The molecular formula is C12H23NO. The minimum Gasteiger partial charge on any atom is -0.376 e. The van der Waals surface area contributed by atoms with Crippen LogP contribution in [0, 0.1) is 5.92 Å². The molecule has 2 nitrogen and oxygen atoms in total. The molecular weight excluding hydrogens is 174 g/mol. The molecule has 1 saturated heterocycles. The Hall–Kier alpha value is -0.340. The number of nitrogens with one attached hydrogen (secondary N) is 1. The van der Waals surface area contributed by atoms with E-state index < -0.39 is 0 Å². The molecule has 3 unspecified atom stereocenters. The predicted molar refractivity (Wildman–Crippen MR) is 60.4 cm³/mol. The van der Waals surface area contributed by atoms with E-state index in [9.17, 15) is 0 Å². The molecule has 0 aliphatic carbocycles. The van der Waals surface area contributed by atoms with Gasteiger partial charge in [0.15, 0.2) is 0 Å². The molecule has 1 aliphatic heterocycles. The van der Waals surface area contributed by atoms with Crippen molar-refractivity contribution in [3.05, 3.63) is 11.6 Å². The van der Waals surface area contributed by atoms with E-state index in [1.54, 1.807) is 0 Å². The first-order chi connectivity index (χ1) is 6.65. The van der Waals surface area contributed by atoms with Gasteiger partial charge < -0.3 is 10.1 Å².